The van der Waals surface area contributed by atoms with E-state index in [1.54, 1.807) is 28.2 Å². The summed E-state index contributed by atoms with van der Waals surface area (Å²) in [6, 6.07) is 26.7. The Bertz CT molecular complexity index is 3420. The van der Waals surface area contributed by atoms with E-state index in [9.17, 15) is 14.4 Å². The van der Waals surface area contributed by atoms with Crippen molar-refractivity contribution < 1.29 is 28.6 Å². The monoisotopic (exact) mass is 1010 g/mol. The molecule has 4 aromatic carbocycles. The molecule has 8 heterocycles. The molecule has 0 spiro atoms. The van der Waals surface area contributed by atoms with E-state index in [-0.39, 0.29) is 29.9 Å². The number of hydrogen-bond acceptors (Lipinski definition) is 15. The Labute approximate surface area is 433 Å². The van der Waals surface area contributed by atoms with Gasteiger partial charge in [-0.15, -0.1) is 10.2 Å². The molecule has 0 unspecified atom stereocenters. The van der Waals surface area contributed by atoms with Crippen molar-refractivity contribution in [3.63, 3.8) is 0 Å². The van der Waals surface area contributed by atoms with Gasteiger partial charge in [0.05, 0.1) is 25.3 Å². The van der Waals surface area contributed by atoms with Crippen LogP contribution in [0.4, 0.5) is 16.7 Å². The topological polar surface area (TPSA) is 228 Å². The Morgan fingerprint density at radius 3 is 1.51 bits per heavy atom. The second-order valence-electron chi connectivity index (χ2n) is 20.6. The maximum absolute atomic E-state index is 12.8. The van der Waals surface area contributed by atoms with Crippen LogP contribution in [0.5, 0.6) is 11.5 Å². The van der Waals surface area contributed by atoms with Gasteiger partial charge < -0.3 is 45.7 Å². The largest absolute Gasteiger partial charge is 0.497 e. The summed E-state index contributed by atoms with van der Waals surface area (Å²) in [5.41, 5.74) is 6.43. The molecule has 4 saturated heterocycles. The molecule has 3 amide bonds. The highest BCUT2D eigenvalue weighted by molar-refractivity contribution is 5.98. The van der Waals surface area contributed by atoms with E-state index in [0.717, 1.165) is 101 Å². The lowest BCUT2D eigenvalue weighted by atomic mass is 9.89. The van der Waals surface area contributed by atoms with Gasteiger partial charge in [-0.3, -0.25) is 9.59 Å². The third-order valence-electron chi connectivity index (χ3n) is 14.2. The minimum Gasteiger partial charge on any atom is -0.497 e. The predicted octanol–water partition coefficient (Wildman–Crippen LogP) is 7.09. The minimum absolute atomic E-state index is 0.00247. The van der Waals surface area contributed by atoms with E-state index < -0.39 is 11.6 Å². The highest BCUT2D eigenvalue weighted by Gasteiger charge is 2.37. The highest BCUT2D eigenvalue weighted by atomic mass is 16.6. The number of nitrogens with one attached hydrogen (secondary N) is 5. The molecule has 0 bridgehead atoms. The number of anilines is 2. The molecular formula is C55H62N14O6. The third-order valence-corrected chi connectivity index (χ3v) is 14.2. The van der Waals surface area contributed by atoms with Gasteiger partial charge in [-0.2, -0.15) is 9.03 Å². The molecule has 4 aromatic heterocycles. The molecule has 5 N–H and O–H groups in total. The molecular weight excluding hydrogens is 953 g/mol. The first-order valence-corrected chi connectivity index (χ1v) is 25.9. The smallest absolute Gasteiger partial charge is 0.410 e. The van der Waals surface area contributed by atoms with E-state index >= 15 is 0 Å². The SMILES string of the molecule is COc1ccc(-c2nc3c4c(C5CN(C(=O)OC(C)(C)C)C5)cccc4nc(N[C@@H]4CCCCNC4=O)n3n2)cc1.COc1ccc(-c2nc3c4c(C5CNC5)cccc4nc(N[C@@H]4CCCCNC4=O)n3n2)cc1. The number of aromatic nitrogens is 8. The van der Waals surface area contributed by atoms with Crippen molar-refractivity contribution in [2.45, 2.75) is 88.8 Å². The first-order valence-electron chi connectivity index (χ1n) is 25.9. The van der Waals surface area contributed by atoms with Gasteiger partial charge in [0.25, 0.3) is 0 Å². The van der Waals surface area contributed by atoms with Crippen LogP contribution in [0, 0.1) is 0 Å². The lowest BCUT2D eigenvalue weighted by molar-refractivity contribution is -0.122. The average molecular weight is 1020 g/mol. The Balaban J connectivity index is 0.000000163. The second kappa shape index (κ2) is 20.6. The number of carbonyl (C=O) groups is 3. The molecule has 8 aromatic rings. The summed E-state index contributed by atoms with van der Waals surface area (Å²) in [4.78, 5) is 59.5. The second-order valence-corrected chi connectivity index (χ2v) is 20.6. The van der Waals surface area contributed by atoms with Crippen LogP contribution in [-0.4, -0.2) is 133 Å². The Morgan fingerprint density at radius 2 is 1.08 bits per heavy atom. The van der Waals surface area contributed by atoms with Gasteiger partial charge in [0.1, 0.15) is 29.2 Å². The normalized spacial score (nSPS) is 18.5. The van der Waals surface area contributed by atoms with E-state index in [1.807, 2.05) is 93.6 Å². The summed E-state index contributed by atoms with van der Waals surface area (Å²) in [7, 11) is 3.28. The van der Waals surface area contributed by atoms with Gasteiger partial charge in [0.2, 0.25) is 23.7 Å². The third kappa shape index (κ3) is 10.1. The molecule has 2 atom stereocenters. The summed E-state index contributed by atoms with van der Waals surface area (Å²) >= 11 is 0. The molecule has 4 aliphatic heterocycles. The van der Waals surface area contributed by atoms with Crippen molar-refractivity contribution in [2.75, 3.05) is 64.1 Å². The molecule has 20 heteroatoms. The zero-order valence-electron chi connectivity index (χ0n) is 42.9. The number of amides is 3. The molecule has 4 fully saturated rings. The van der Waals surface area contributed by atoms with E-state index in [4.69, 9.17) is 44.3 Å². The number of methoxy groups -OCH3 is 2. The molecule has 4 aliphatic rings. The summed E-state index contributed by atoms with van der Waals surface area (Å²) in [5, 5.41) is 27.6. The number of likely N-dealkylation sites (tertiary alicyclic amines) is 1. The summed E-state index contributed by atoms with van der Waals surface area (Å²) < 4.78 is 19.6. The van der Waals surface area contributed by atoms with Crippen LogP contribution in [0.25, 0.3) is 55.9 Å². The van der Waals surface area contributed by atoms with E-state index in [2.05, 4.69) is 38.7 Å². The van der Waals surface area contributed by atoms with Crippen molar-refractivity contribution in [3.8, 4) is 34.3 Å². The first-order chi connectivity index (χ1) is 36.4. The first kappa shape index (κ1) is 49.1. The summed E-state index contributed by atoms with van der Waals surface area (Å²) in [5.74, 6) is 4.13. The molecule has 75 heavy (non-hydrogen) atoms. The standard InChI is InChI=1S/C30H35N7O4.C25H27N7O2/c1-30(2,3)41-29(39)36-16-19(17-36)21-8-7-10-22-24(21)26-34-25(18-11-13-20(40-4)14-12-18)35-37(26)28(32-22)33-23-9-5-6-15-31-27(23)38;1-34-17-10-8-15(9-11-17)22-30-23-21-18(16-13-26-14-16)5-4-7-19(21)28-25(32(23)31-22)29-20-6-2-3-12-27-24(20)33/h7-8,10-14,19,23H,5-6,9,15-17H2,1-4H3,(H,31,38)(H,32,33);4-5,7-11,16,20,26H,2-3,6,12-14H2,1H3,(H,27,33)(H,28,29)/t23-;20-/m11/s1. The van der Waals surface area contributed by atoms with Crippen LogP contribution in [0.15, 0.2) is 84.9 Å². The van der Waals surface area contributed by atoms with Crippen LogP contribution in [0.1, 0.15) is 82.3 Å². The van der Waals surface area contributed by atoms with Crippen LogP contribution < -0.4 is 36.1 Å². The van der Waals surface area contributed by atoms with Gasteiger partial charge in [0.15, 0.2) is 22.9 Å². The average Bonchev–Trinajstić information content (AvgIpc) is 3.92. The number of rotatable bonds is 10. The Morgan fingerprint density at radius 1 is 0.613 bits per heavy atom. The molecule has 20 nitrogen and oxygen atoms in total. The van der Waals surface area contributed by atoms with Gasteiger partial charge in [-0.1, -0.05) is 24.3 Å². The van der Waals surface area contributed by atoms with Gasteiger partial charge in [0, 0.05) is 73.0 Å². The highest BCUT2D eigenvalue weighted by Crippen LogP contribution is 2.37. The predicted molar refractivity (Wildman–Crippen MR) is 285 cm³/mol. The van der Waals surface area contributed by atoms with E-state index in [0.29, 0.717) is 67.7 Å². The summed E-state index contributed by atoms with van der Waals surface area (Å²) in [6.45, 7) is 9.94. The fourth-order valence-electron chi connectivity index (χ4n) is 10.1. The van der Waals surface area contributed by atoms with Crippen LogP contribution in [0.3, 0.4) is 0 Å². The van der Waals surface area contributed by atoms with Crippen LogP contribution in [-0.2, 0) is 14.3 Å². The molecule has 0 aliphatic carbocycles. The van der Waals surface area contributed by atoms with Crippen molar-refractivity contribution in [2.24, 2.45) is 0 Å². The lowest BCUT2D eigenvalue weighted by Gasteiger charge is -2.40. The van der Waals surface area contributed by atoms with Crippen LogP contribution in [0.2, 0.25) is 0 Å². The Kier molecular flexibility index (Phi) is 13.5. The number of nitrogens with zero attached hydrogens (tertiary/aromatic N) is 9. The number of ether oxygens (including phenoxy) is 3. The molecule has 388 valence electrons. The number of carbonyl (C=O) groups excluding carboxylic acids is 3. The lowest BCUT2D eigenvalue weighted by Crippen LogP contribution is -2.50. The quantitative estimate of drug-likeness (QED) is 0.0922. The number of hydrogen-bond donors (Lipinski definition) is 5. The maximum atomic E-state index is 12.8. The van der Waals surface area contributed by atoms with Gasteiger partial charge >= 0.3 is 6.09 Å². The zero-order chi connectivity index (χ0) is 51.8. The minimum atomic E-state index is -0.547. The van der Waals surface area contributed by atoms with Crippen molar-refractivity contribution in [1.82, 2.24) is 60.0 Å². The van der Waals surface area contributed by atoms with Crippen molar-refractivity contribution in [3.05, 3.63) is 96.1 Å². The van der Waals surface area contributed by atoms with Gasteiger partial charge in [-0.25, -0.2) is 24.7 Å². The maximum Gasteiger partial charge on any atom is 0.410 e. The fraction of sp³-hybridized carbons (Fsp3) is 0.400. The fourth-order valence-corrected chi connectivity index (χ4v) is 10.1. The van der Waals surface area contributed by atoms with Crippen molar-refractivity contribution in [1.29, 1.82) is 0 Å². The van der Waals surface area contributed by atoms with Crippen LogP contribution >= 0.6 is 0 Å². The number of benzene rings is 4. The number of fused-ring (bicyclic) bond motifs is 6. The van der Waals surface area contributed by atoms with Crippen molar-refractivity contribution >= 4 is 62.9 Å². The molecule has 0 saturated carbocycles. The molecule has 0 radical (unpaired) electrons. The molecule has 12 rings (SSSR count). The zero-order valence-corrected chi connectivity index (χ0v) is 42.9. The summed E-state index contributed by atoms with van der Waals surface area (Å²) in [6.07, 6.45) is 4.97. The van der Waals surface area contributed by atoms with E-state index in [1.165, 1.54) is 5.56 Å². The Hall–Kier alpha value is -8.13. The van der Waals surface area contributed by atoms with Gasteiger partial charge in [-0.05, 0) is 131 Å².